The highest BCUT2D eigenvalue weighted by Gasteiger charge is 2.38. The minimum atomic E-state index is -0.221. The molecule has 1 fully saturated rings. The lowest BCUT2D eigenvalue weighted by Gasteiger charge is -2.18. The van der Waals surface area contributed by atoms with E-state index in [0.717, 1.165) is 5.56 Å². The summed E-state index contributed by atoms with van der Waals surface area (Å²) in [5, 5.41) is 1.71. The van der Waals surface area contributed by atoms with Gasteiger partial charge in [-0.05, 0) is 12.5 Å². The third-order valence-corrected chi connectivity index (χ3v) is 3.63. The summed E-state index contributed by atoms with van der Waals surface area (Å²) in [5.41, 5.74) is 1.14. The smallest absolute Gasteiger partial charge is 0.340 e. The van der Waals surface area contributed by atoms with Gasteiger partial charge in [-0.1, -0.05) is 46.3 Å². The van der Waals surface area contributed by atoms with Crippen molar-refractivity contribution in [2.45, 2.75) is 24.3 Å². The van der Waals surface area contributed by atoms with Crippen LogP contribution < -0.4 is 0 Å². The number of halogens is 1. The molecule has 0 spiro atoms. The maximum atomic E-state index is 11.3. The predicted molar refractivity (Wildman–Crippen MR) is 60.3 cm³/mol. The molecular formula is C11H12BrNO2. The number of hydrogen-bond donors (Lipinski definition) is 0. The standard InChI is InChI=1S/C11H12BrNO2/c1-8-10(12)11(14)15-13(8)7-9-5-3-2-4-6-9/h2-6,8,10H,7H2,1H3. The van der Waals surface area contributed by atoms with Crippen LogP contribution in [-0.4, -0.2) is 21.9 Å². The average Bonchev–Trinajstić information content (AvgIpc) is 2.48. The van der Waals surface area contributed by atoms with Crippen molar-refractivity contribution >= 4 is 21.9 Å². The van der Waals surface area contributed by atoms with Gasteiger partial charge in [-0.3, -0.25) is 0 Å². The number of benzene rings is 1. The Bertz CT molecular complexity index is 355. The summed E-state index contributed by atoms with van der Waals surface area (Å²) in [6.07, 6.45) is 0. The predicted octanol–water partition coefficient (Wildman–Crippen LogP) is 2.11. The molecule has 80 valence electrons. The van der Waals surface area contributed by atoms with Crippen LogP contribution in [0.3, 0.4) is 0 Å². The van der Waals surface area contributed by atoms with Crippen molar-refractivity contribution in [2.24, 2.45) is 0 Å². The Labute approximate surface area is 97.1 Å². The van der Waals surface area contributed by atoms with Crippen LogP contribution in [-0.2, 0) is 16.2 Å². The summed E-state index contributed by atoms with van der Waals surface area (Å²) in [6.45, 7) is 2.60. The molecule has 0 aliphatic carbocycles. The lowest BCUT2D eigenvalue weighted by atomic mass is 10.2. The molecule has 1 aromatic carbocycles. The van der Waals surface area contributed by atoms with Crippen molar-refractivity contribution in [2.75, 3.05) is 0 Å². The van der Waals surface area contributed by atoms with Gasteiger partial charge in [-0.2, -0.15) is 0 Å². The van der Waals surface area contributed by atoms with E-state index in [1.807, 2.05) is 37.3 Å². The molecule has 0 aromatic heterocycles. The van der Waals surface area contributed by atoms with Crippen LogP contribution in [0.1, 0.15) is 12.5 Å². The molecule has 0 saturated carbocycles. The second-order valence-electron chi connectivity index (χ2n) is 3.61. The van der Waals surface area contributed by atoms with Crippen molar-refractivity contribution in [3.05, 3.63) is 35.9 Å². The van der Waals surface area contributed by atoms with Gasteiger partial charge < -0.3 is 4.84 Å². The van der Waals surface area contributed by atoms with Crippen molar-refractivity contribution in [3.8, 4) is 0 Å². The van der Waals surface area contributed by atoms with Gasteiger partial charge in [0, 0.05) is 0 Å². The fourth-order valence-electron chi connectivity index (χ4n) is 1.53. The van der Waals surface area contributed by atoms with Crippen LogP contribution in [0.4, 0.5) is 0 Å². The Kier molecular flexibility index (Phi) is 3.07. The van der Waals surface area contributed by atoms with Crippen LogP contribution in [0, 0.1) is 0 Å². The summed E-state index contributed by atoms with van der Waals surface area (Å²) in [5.74, 6) is -0.210. The van der Waals surface area contributed by atoms with Crippen molar-refractivity contribution in [1.29, 1.82) is 0 Å². The van der Waals surface area contributed by atoms with E-state index in [1.54, 1.807) is 5.06 Å². The molecule has 3 nitrogen and oxygen atoms in total. The first-order valence-corrected chi connectivity index (χ1v) is 5.76. The zero-order valence-corrected chi connectivity index (χ0v) is 9.98. The highest BCUT2D eigenvalue weighted by atomic mass is 79.9. The van der Waals surface area contributed by atoms with E-state index < -0.39 is 0 Å². The molecule has 2 unspecified atom stereocenters. The third kappa shape index (κ3) is 2.21. The average molecular weight is 270 g/mol. The third-order valence-electron chi connectivity index (χ3n) is 2.49. The van der Waals surface area contributed by atoms with Crippen LogP contribution in [0.5, 0.6) is 0 Å². The van der Waals surface area contributed by atoms with Gasteiger partial charge in [-0.25, -0.2) is 4.79 Å². The van der Waals surface area contributed by atoms with Crippen LogP contribution >= 0.6 is 15.9 Å². The molecule has 2 atom stereocenters. The van der Waals surface area contributed by atoms with Crippen LogP contribution in [0.2, 0.25) is 0 Å². The highest BCUT2D eigenvalue weighted by Crippen LogP contribution is 2.24. The number of rotatable bonds is 2. The van der Waals surface area contributed by atoms with E-state index >= 15 is 0 Å². The van der Waals surface area contributed by atoms with Gasteiger partial charge in [0.1, 0.15) is 4.83 Å². The lowest BCUT2D eigenvalue weighted by molar-refractivity contribution is -0.176. The summed E-state index contributed by atoms with van der Waals surface area (Å²) >= 11 is 3.31. The number of carbonyl (C=O) groups is 1. The first-order valence-electron chi connectivity index (χ1n) is 4.85. The Balaban J connectivity index is 2.05. The summed E-state index contributed by atoms with van der Waals surface area (Å²) < 4.78 is 0. The SMILES string of the molecule is CC1C(Br)C(=O)ON1Cc1ccccc1. The van der Waals surface area contributed by atoms with Crippen LogP contribution in [0.25, 0.3) is 0 Å². The number of hydrogen-bond acceptors (Lipinski definition) is 3. The monoisotopic (exact) mass is 269 g/mol. The maximum absolute atomic E-state index is 11.3. The maximum Gasteiger partial charge on any atom is 0.340 e. The van der Waals surface area contributed by atoms with E-state index in [1.165, 1.54) is 0 Å². The molecule has 1 aromatic rings. The van der Waals surface area contributed by atoms with E-state index in [0.29, 0.717) is 6.54 Å². The van der Waals surface area contributed by atoms with Gasteiger partial charge in [0.2, 0.25) is 0 Å². The zero-order valence-electron chi connectivity index (χ0n) is 8.39. The number of nitrogens with zero attached hydrogens (tertiary/aromatic N) is 1. The highest BCUT2D eigenvalue weighted by molar-refractivity contribution is 9.10. The van der Waals surface area contributed by atoms with E-state index in [-0.39, 0.29) is 16.8 Å². The molecule has 0 bridgehead atoms. The Morgan fingerprint density at radius 2 is 2.07 bits per heavy atom. The van der Waals surface area contributed by atoms with Crippen molar-refractivity contribution in [1.82, 2.24) is 5.06 Å². The molecule has 0 radical (unpaired) electrons. The second kappa shape index (κ2) is 4.33. The number of alkyl halides is 1. The zero-order chi connectivity index (χ0) is 10.8. The molecule has 15 heavy (non-hydrogen) atoms. The molecule has 1 heterocycles. The van der Waals surface area contributed by atoms with Gasteiger partial charge in [0.25, 0.3) is 0 Å². The Hall–Kier alpha value is -0.870. The minimum Gasteiger partial charge on any atom is -0.366 e. The largest absolute Gasteiger partial charge is 0.366 e. The summed E-state index contributed by atoms with van der Waals surface area (Å²) in [4.78, 5) is 16.2. The van der Waals surface area contributed by atoms with Gasteiger partial charge >= 0.3 is 5.97 Å². The van der Waals surface area contributed by atoms with Crippen molar-refractivity contribution < 1.29 is 9.63 Å². The Morgan fingerprint density at radius 3 is 2.60 bits per heavy atom. The van der Waals surface area contributed by atoms with Gasteiger partial charge in [0.15, 0.2) is 0 Å². The van der Waals surface area contributed by atoms with Crippen molar-refractivity contribution in [3.63, 3.8) is 0 Å². The molecule has 0 N–H and O–H groups in total. The van der Waals surface area contributed by atoms with Gasteiger partial charge in [0.05, 0.1) is 12.6 Å². The molecule has 1 aliphatic heterocycles. The summed E-state index contributed by atoms with van der Waals surface area (Å²) in [6, 6.07) is 10.0. The fraction of sp³-hybridized carbons (Fsp3) is 0.364. The first-order chi connectivity index (χ1) is 7.18. The van der Waals surface area contributed by atoms with Gasteiger partial charge in [-0.15, -0.1) is 5.06 Å². The second-order valence-corrected chi connectivity index (χ2v) is 4.60. The molecule has 1 saturated heterocycles. The van der Waals surface area contributed by atoms with Crippen LogP contribution in [0.15, 0.2) is 30.3 Å². The van der Waals surface area contributed by atoms with E-state index in [9.17, 15) is 4.79 Å². The minimum absolute atomic E-state index is 0.0673. The molecule has 1 aliphatic rings. The fourth-order valence-corrected chi connectivity index (χ4v) is 1.88. The lowest BCUT2D eigenvalue weighted by Crippen LogP contribution is -2.28. The summed E-state index contributed by atoms with van der Waals surface area (Å²) in [7, 11) is 0. The molecule has 0 amide bonds. The molecule has 4 heteroatoms. The molecule has 2 rings (SSSR count). The Morgan fingerprint density at radius 1 is 1.40 bits per heavy atom. The number of carbonyl (C=O) groups excluding carboxylic acids is 1. The number of hydroxylamine groups is 2. The first kappa shape index (κ1) is 10.6. The van der Waals surface area contributed by atoms with E-state index in [4.69, 9.17) is 4.84 Å². The quantitative estimate of drug-likeness (QED) is 0.771. The van der Waals surface area contributed by atoms with E-state index in [2.05, 4.69) is 15.9 Å². The normalized spacial score (nSPS) is 26.7. The topological polar surface area (TPSA) is 29.5 Å². The molecular weight excluding hydrogens is 258 g/mol.